The first-order valence-electron chi connectivity index (χ1n) is 8.50. The zero-order valence-corrected chi connectivity index (χ0v) is 15.6. The van der Waals surface area contributed by atoms with Gasteiger partial charge in [0.1, 0.15) is 5.75 Å². The van der Waals surface area contributed by atoms with Gasteiger partial charge in [-0.1, -0.05) is 12.1 Å². The highest BCUT2D eigenvalue weighted by Crippen LogP contribution is 2.17. The number of amides is 1. The molecule has 1 amide bonds. The predicted molar refractivity (Wildman–Crippen MR) is 102 cm³/mol. The van der Waals surface area contributed by atoms with Crippen molar-refractivity contribution in [1.29, 1.82) is 0 Å². The first-order chi connectivity index (χ1) is 12.5. The zero-order valence-electron chi connectivity index (χ0n) is 15.6. The molecule has 3 aromatic rings. The monoisotopic (exact) mass is 349 g/mol. The van der Waals surface area contributed by atoms with Crippen LogP contribution in [0.25, 0.3) is 5.69 Å². The Balaban J connectivity index is 1.73. The van der Waals surface area contributed by atoms with E-state index in [1.165, 1.54) is 0 Å². The molecule has 0 saturated carbocycles. The number of aromatic nitrogens is 2. The fourth-order valence-corrected chi connectivity index (χ4v) is 2.97. The molecule has 0 radical (unpaired) electrons. The van der Waals surface area contributed by atoms with Gasteiger partial charge in [-0.15, -0.1) is 0 Å². The summed E-state index contributed by atoms with van der Waals surface area (Å²) in [6, 6.07) is 17.3. The normalized spacial score (nSPS) is 10.6. The van der Waals surface area contributed by atoms with Crippen LogP contribution in [0, 0.1) is 13.8 Å². The Morgan fingerprint density at radius 1 is 1.12 bits per heavy atom. The lowest BCUT2D eigenvalue weighted by atomic mass is 10.1. The number of carbonyl (C=O) groups is 1. The number of rotatable bonds is 5. The Bertz CT molecular complexity index is 913. The maximum Gasteiger partial charge on any atom is 0.253 e. The predicted octanol–water partition coefficient (Wildman–Crippen LogP) is 3.77. The van der Waals surface area contributed by atoms with E-state index in [1.54, 1.807) is 19.1 Å². The number of hydrogen-bond donors (Lipinski definition) is 0. The molecule has 0 bridgehead atoms. The summed E-state index contributed by atoms with van der Waals surface area (Å²) in [5.41, 5.74) is 4.67. The van der Waals surface area contributed by atoms with Crippen LogP contribution in [0.15, 0.2) is 54.6 Å². The van der Waals surface area contributed by atoms with Gasteiger partial charge >= 0.3 is 0 Å². The molecule has 5 heteroatoms. The largest absolute Gasteiger partial charge is 0.497 e. The fourth-order valence-electron chi connectivity index (χ4n) is 2.97. The molecule has 0 saturated heterocycles. The van der Waals surface area contributed by atoms with Crippen LogP contribution in [-0.2, 0) is 6.54 Å². The molecule has 5 nitrogen and oxygen atoms in total. The number of methoxy groups -OCH3 is 1. The van der Waals surface area contributed by atoms with Crippen LogP contribution in [0.4, 0.5) is 0 Å². The summed E-state index contributed by atoms with van der Waals surface area (Å²) in [4.78, 5) is 14.4. The average molecular weight is 349 g/mol. The minimum absolute atomic E-state index is 0.0206. The third-order valence-corrected chi connectivity index (χ3v) is 4.27. The van der Waals surface area contributed by atoms with Crippen molar-refractivity contribution < 1.29 is 9.53 Å². The summed E-state index contributed by atoms with van der Waals surface area (Å²) in [6.45, 7) is 4.51. The molecule has 0 fully saturated rings. The first-order valence-corrected chi connectivity index (χ1v) is 8.50. The van der Waals surface area contributed by atoms with Crippen molar-refractivity contribution in [3.63, 3.8) is 0 Å². The Kier molecular flexibility index (Phi) is 5.07. The van der Waals surface area contributed by atoms with Gasteiger partial charge in [0, 0.05) is 24.8 Å². The number of hydrogen-bond acceptors (Lipinski definition) is 3. The van der Waals surface area contributed by atoms with Crippen molar-refractivity contribution in [2.45, 2.75) is 20.4 Å². The molecular weight excluding hydrogens is 326 g/mol. The lowest BCUT2D eigenvalue weighted by molar-refractivity contribution is 0.0785. The van der Waals surface area contributed by atoms with Crippen molar-refractivity contribution in [1.82, 2.24) is 14.7 Å². The van der Waals surface area contributed by atoms with E-state index in [2.05, 4.69) is 5.10 Å². The number of nitrogens with zero attached hydrogens (tertiary/aromatic N) is 3. The Hall–Kier alpha value is -3.08. The smallest absolute Gasteiger partial charge is 0.253 e. The summed E-state index contributed by atoms with van der Waals surface area (Å²) in [5.74, 6) is 0.769. The SMILES string of the molecule is COc1cccc(CN(C)C(=O)c2ccc(-n3nc(C)cc3C)cc2)c1. The van der Waals surface area contributed by atoms with Crippen LogP contribution >= 0.6 is 0 Å². The van der Waals surface area contributed by atoms with Crippen molar-refractivity contribution >= 4 is 5.91 Å². The summed E-state index contributed by atoms with van der Waals surface area (Å²) >= 11 is 0. The highest BCUT2D eigenvalue weighted by Gasteiger charge is 2.13. The number of ether oxygens (including phenoxy) is 1. The molecule has 0 aliphatic rings. The van der Waals surface area contributed by atoms with E-state index in [4.69, 9.17) is 4.74 Å². The van der Waals surface area contributed by atoms with Gasteiger partial charge in [0.2, 0.25) is 0 Å². The van der Waals surface area contributed by atoms with Crippen LogP contribution in [0.1, 0.15) is 27.3 Å². The molecule has 0 unspecified atom stereocenters. The second-order valence-corrected chi connectivity index (χ2v) is 6.40. The molecule has 0 spiro atoms. The summed E-state index contributed by atoms with van der Waals surface area (Å²) in [7, 11) is 3.44. The first kappa shape index (κ1) is 17.7. The molecule has 0 N–H and O–H groups in total. The van der Waals surface area contributed by atoms with E-state index in [0.717, 1.165) is 28.4 Å². The van der Waals surface area contributed by atoms with E-state index >= 15 is 0 Å². The fraction of sp³-hybridized carbons (Fsp3) is 0.238. The number of benzene rings is 2. The van der Waals surface area contributed by atoms with Gasteiger partial charge in [0.25, 0.3) is 5.91 Å². The second kappa shape index (κ2) is 7.44. The number of carbonyl (C=O) groups excluding carboxylic acids is 1. The highest BCUT2D eigenvalue weighted by molar-refractivity contribution is 5.94. The van der Waals surface area contributed by atoms with Gasteiger partial charge in [-0.05, 0) is 61.9 Å². The lowest BCUT2D eigenvalue weighted by Gasteiger charge is -2.18. The van der Waals surface area contributed by atoms with E-state index in [-0.39, 0.29) is 5.91 Å². The van der Waals surface area contributed by atoms with Crippen LogP contribution in [-0.4, -0.2) is 34.7 Å². The molecule has 3 rings (SSSR count). The van der Waals surface area contributed by atoms with Gasteiger partial charge in [-0.25, -0.2) is 4.68 Å². The maximum absolute atomic E-state index is 12.7. The molecule has 0 atom stereocenters. The molecule has 2 aromatic carbocycles. The third-order valence-electron chi connectivity index (χ3n) is 4.27. The maximum atomic E-state index is 12.7. The van der Waals surface area contributed by atoms with Crippen LogP contribution in [0.2, 0.25) is 0 Å². The standard InChI is InChI=1S/C21H23N3O2/c1-15-12-16(2)24(22-15)19-10-8-18(9-11-19)21(25)23(3)14-17-6-5-7-20(13-17)26-4/h5-13H,14H2,1-4H3. The van der Waals surface area contributed by atoms with Crippen molar-refractivity contribution in [2.24, 2.45) is 0 Å². The number of aryl methyl sites for hydroxylation is 2. The van der Waals surface area contributed by atoms with E-state index in [0.29, 0.717) is 12.1 Å². The minimum atomic E-state index is -0.0206. The topological polar surface area (TPSA) is 47.4 Å². The van der Waals surface area contributed by atoms with Crippen molar-refractivity contribution in [2.75, 3.05) is 14.2 Å². The van der Waals surface area contributed by atoms with E-state index in [1.807, 2.05) is 73.1 Å². The molecule has 0 aliphatic carbocycles. The quantitative estimate of drug-likeness (QED) is 0.704. The summed E-state index contributed by atoms with van der Waals surface area (Å²) in [5, 5.41) is 4.47. The third kappa shape index (κ3) is 3.77. The highest BCUT2D eigenvalue weighted by atomic mass is 16.5. The van der Waals surface area contributed by atoms with Gasteiger partial charge in [0.15, 0.2) is 0 Å². The molecule has 1 aromatic heterocycles. The minimum Gasteiger partial charge on any atom is -0.497 e. The summed E-state index contributed by atoms with van der Waals surface area (Å²) in [6.07, 6.45) is 0. The Morgan fingerprint density at radius 2 is 1.85 bits per heavy atom. The second-order valence-electron chi connectivity index (χ2n) is 6.40. The summed E-state index contributed by atoms with van der Waals surface area (Å²) < 4.78 is 7.11. The van der Waals surface area contributed by atoms with Crippen LogP contribution in [0.3, 0.4) is 0 Å². The van der Waals surface area contributed by atoms with E-state index in [9.17, 15) is 4.79 Å². The van der Waals surface area contributed by atoms with Gasteiger partial charge in [-0.2, -0.15) is 5.10 Å². The van der Waals surface area contributed by atoms with Crippen LogP contribution in [0.5, 0.6) is 5.75 Å². The lowest BCUT2D eigenvalue weighted by Crippen LogP contribution is -2.26. The van der Waals surface area contributed by atoms with Crippen LogP contribution < -0.4 is 4.74 Å². The molecule has 134 valence electrons. The molecule has 1 heterocycles. The Morgan fingerprint density at radius 3 is 2.46 bits per heavy atom. The van der Waals surface area contributed by atoms with Crippen molar-refractivity contribution in [3.8, 4) is 11.4 Å². The van der Waals surface area contributed by atoms with Gasteiger partial charge < -0.3 is 9.64 Å². The zero-order chi connectivity index (χ0) is 18.7. The van der Waals surface area contributed by atoms with Gasteiger partial charge in [-0.3, -0.25) is 4.79 Å². The van der Waals surface area contributed by atoms with Gasteiger partial charge in [0.05, 0.1) is 18.5 Å². The molecular formula is C21H23N3O2. The average Bonchev–Trinajstić information content (AvgIpc) is 2.99. The van der Waals surface area contributed by atoms with Crippen molar-refractivity contribution in [3.05, 3.63) is 77.1 Å². The Labute approximate surface area is 153 Å². The molecule has 0 aliphatic heterocycles. The van der Waals surface area contributed by atoms with E-state index < -0.39 is 0 Å². The molecule has 26 heavy (non-hydrogen) atoms.